The first kappa shape index (κ1) is 23.0. The molecule has 0 spiro atoms. The van der Waals surface area contributed by atoms with Crippen molar-refractivity contribution in [3.05, 3.63) is 58.6 Å². The fourth-order valence-electron chi connectivity index (χ4n) is 4.01. The number of piperidine rings is 1. The molecule has 172 valence electrons. The number of ether oxygens (including phenoxy) is 2. The lowest BCUT2D eigenvalue weighted by Gasteiger charge is -2.31. The zero-order valence-electron chi connectivity index (χ0n) is 17.8. The minimum atomic E-state index is -3.68. The van der Waals surface area contributed by atoms with E-state index in [0.717, 1.165) is 19.3 Å². The zero-order valence-corrected chi connectivity index (χ0v) is 19.4. The molecule has 7 nitrogen and oxygen atoms in total. The van der Waals surface area contributed by atoms with Crippen molar-refractivity contribution in [3.8, 4) is 0 Å². The molecule has 0 atom stereocenters. The zero-order chi connectivity index (χ0) is 22.6. The van der Waals surface area contributed by atoms with Gasteiger partial charge in [-0.2, -0.15) is 4.31 Å². The molecule has 9 heteroatoms. The molecule has 0 aromatic heterocycles. The molecule has 0 amide bonds. The van der Waals surface area contributed by atoms with Crippen LogP contribution in [0, 0.1) is 0 Å². The third kappa shape index (κ3) is 5.09. The maximum absolute atomic E-state index is 13.2. The van der Waals surface area contributed by atoms with Gasteiger partial charge in [-0.05, 0) is 37.1 Å². The number of benzene rings is 2. The number of carbonyl (C=O) groups excluding carboxylic acids is 1. The van der Waals surface area contributed by atoms with Crippen LogP contribution in [0.1, 0.15) is 35.2 Å². The van der Waals surface area contributed by atoms with Crippen molar-refractivity contribution >= 4 is 33.3 Å². The number of morpholine rings is 1. The second kappa shape index (κ2) is 10.2. The number of sulfonamides is 1. The van der Waals surface area contributed by atoms with Gasteiger partial charge >= 0.3 is 5.97 Å². The van der Waals surface area contributed by atoms with Crippen LogP contribution in [0.3, 0.4) is 0 Å². The van der Waals surface area contributed by atoms with Gasteiger partial charge in [0.05, 0.1) is 29.4 Å². The Morgan fingerprint density at radius 2 is 1.72 bits per heavy atom. The van der Waals surface area contributed by atoms with E-state index >= 15 is 0 Å². The fraction of sp³-hybridized carbons (Fsp3) is 0.435. The predicted octanol–water partition coefficient (Wildman–Crippen LogP) is 3.71. The summed E-state index contributed by atoms with van der Waals surface area (Å²) in [6.45, 7) is 3.32. The Kier molecular flexibility index (Phi) is 7.35. The lowest BCUT2D eigenvalue weighted by atomic mass is 10.1. The van der Waals surface area contributed by atoms with Crippen molar-refractivity contribution in [2.45, 2.75) is 30.8 Å². The van der Waals surface area contributed by atoms with E-state index in [1.165, 1.54) is 10.4 Å². The van der Waals surface area contributed by atoms with Gasteiger partial charge in [0.2, 0.25) is 10.0 Å². The van der Waals surface area contributed by atoms with Crippen LogP contribution in [-0.4, -0.2) is 58.1 Å². The first-order chi connectivity index (χ1) is 15.5. The number of anilines is 1. The van der Waals surface area contributed by atoms with E-state index in [0.29, 0.717) is 55.7 Å². The molecule has 0 saturated carbocycles. The maximum Gasteiger partial charge on any atom is 0.340 e. The quantitative estimate of drug-likeness (QED) is 0.589. The minimum Gasteiger partial charge on any atom is -0.457 e. The summed E-state index contributed by atoms with van der Waals surface area (Å²) in [5.74, 6) is -0.581. The van der Waals surface area contributed by atoms with E-state index in [4.69, 9.17) is 21.1 Å². The lowest BCUT2D eigenvalue weighted by Crippen LogP contribution is -2.38. The highest BCUT2D eigenvalue weighted by molar-refractivity contribution is 7.89. The van der Waals surface area contributed by atoms with Crippen LogP contribution in [0.4, 0.5) is 5.69 Å². The van der Waals surface area contributed by atoms with Crippen LogP contribution >= 0.6 is 11.6 Å². The third-order valence-electron chi connectivity index (χ3n) is 5.81. The van der Waals surface area contributed by atoms with Crippen LogP contribution in [0.5, 0.6) is 0 Å². The molecule has 0 unspecified atom stereocenters. The number of halogens is 1. The van der Waals surface area contributed by atoms with Gasteiger partial charge in [0.1, 0.15) is 6.61 Å². The second-order valence-electron chi connectivity index (χ2n) is 7.91. The molecular formula is C23H27ClN2O5S. The molecule has 0 bridgehead atoms. The smallest absolute Gasteiger partial charge is 0.340 e. The summed E-state index contributed by atoms with van der Waals surface area (Å²) in [6, 6.07) is 11.9. The Bertz CT molecular complexity index is 1060. The minimum absolute atomic E-state index is 0.00413. The van der Waals surface area contributed by atoms with Crippen LogP contribution in [-0.2, 0) is 26.1 Å². The first-order valence-electron chi connectivity index (χ1n) is 10.8. The van der Waals surface area contributed by atoms with Crippen molar-refractivity contribution in [1.29, 1.82) is 0 Å². The summed E-state index contributed by atoms with van der Waals surface area (Å²) in [5, 5.41) is 0.509. The summed E-state index contributed by atoms with van der Waals surface area (Å²) in [7, 11) is -3.68. The topological polar surface area (TPSA) is 76.2 Å². The van der Waals surface area contributed by atoms with Crippen molar-refractivity contribution in [1.82, 2.24) is 4.31 Å². The Hall–Kier alpha value is -2.13. The molecule has 2 fully saturated rings. The third-order valence-corrected chi connectivity index (χ3v) is 8.07. The molecular weight excluding hydrogens is 452 g/mol. The molecule has 2 saturated heterocycles. The molecule has 4 rings (SSSR count). The average molecular weight is 479 g/mol. The highest BCUT2D eigenvalue weighted by atomic mass is 35.5. The number of esters is 1. The molecule has 2 aliphatic heterocycles. The van der Waals surface area contributed by atoms with Gasteiger partial charge in [-0.25, -0.2) is 13.2 Å². The van der Waals surface area contributed by atoms with E-state index in [-0.39, 0.29) is 17.1 Å². The van der Waals surface area contributed by atoms with Crippen LogP contribution < -0.4 is 4.90 Å². The number of hydrogen-bond donors (Lipinski definition) is 0. The number of carbonyl (C=O) groups is 1. The highest BCUT2D eigenvalue weighted by Gasteiger charge is 2.29. The summed E-state index contributed by atoms with van der Waals surface area (Å²) in [4.78, 5) is 15.2. The largest absolute Gasteiger partial charge is 0.457 e. The first-order valence-corrected chi connectivity index (χ1v) is 12.7. The summed E-state index contributed by atoms with van der Waals surface area (Å²) >= 11 is 6.18. The maximum atomic E-state index is 13.2. The Morgan fingerprint density at radius 3 is 2.44 bits per heavy atom. The van der Waals surface area contributed by atoms with Gasteiger partial charge < -0.3 is 14.4 Å². The Morgan fingerprint density at radius 1 is 1.00 bits per heavy atom. The molecule has 2 aliphatic rings. The normalized spacial score (nSPS) is 17.8. The predicted molar refractivity (Wildman–Crippen MR) is 123 cm³/mol. The van der Waals surface area contributed by atoms with Gasteiger partial charge in [-0.15, -0.1) is 0 Å². The van der Waals surface area contributed by atoms with Gasteiger partial charge in [0.25, 0.3) is 0 Å². The van der Waals surface area contributed by atoms with Crippen molar-refractivity contribution < 1.29 is 22.7 Å². The molecule has 0 aliphatic carbocycles. The molecule has 2 aromatic carbocycles. The monoisotopic (exact) mass is 478 g/mol. The van der Waals surface area contributed by atoms with Gasteiger partial charge in [-0.1, -0.05) is 36.2 Å². The van der Waals surface area contributed by atoms with Gasteiger partial charge in [0, 0.05) is 36.8 Å². The summed E-state index contributed by atoms with van der Waals surface area (Å²) < 4.78 is 38.9. The Labute approximate surface area is 193 Å². The number of nitrogens with zero attached hydrogens (tertiary/aromatic N) is 2. The van der Waals surface area contributed by atoms with Crippen molar-refractivity contribution in [3.63, 3.8) is 0 Å². The van der Waals surface area contributed by atoms with E-state index < -0.39 is 16.0 Å². The van der Waals surface area contributed by atoms with Crippen molar-refractivity contribution in [2.24, 2.45) is 0 Å². The van der Waals surface area contributed by atoms with Gasteiger partial charge in [0.15, 0.2) is 0 Å². The molecule has 0 N–H and O–H groups in total. The standard InChI is InChI=1S/C23H27ClN2O5S/c24-21-7-3-2-6-18(21)17-31-23(27)20-16-19(32(28,29)26-10-4-1-5-11-26)8-9-22(20)25-12-14-30-15-13-25/h2-3,6-9,16H,1,4-5,10-15,17H2. The summed E-state index contributed by atoms with van der Waals surface area (Å²) in [5.41, 5.74) is 1.57. The molecule has 2 aromatic rings. The number of rotatable bonds is 6. The van der Waals surface area contributed by atoms with E-state index in [2.05, 4.69) is 0 Å². The van der Waals surface area contributed by atoms with Crippen LogP contribution in [0.2, 0.25) is 5.02 Å². The van der Waals surface area contributed by atoms with Crippen LogP contribution in [0.15, 0.2) is 47.4 Å². The average Bonchev–Trinajstić information content (AvgIpc) is 2.84. The van der Waals surface area contributed by atoms with E-state index in [1.807, 2.05) is 11.0 Å². The van der Waals surface area contributed by atoms with E-state index in [9.17, 15) is 13.2 Å². The SMILES string of the molecule is O=C(OCc1ccccc1Cl)c1cc(S(=O)(=O)N2CCCCC2)ccc1N1CCOCC1. The number of hydrogen-bond acceptors (Lipinski definition) is 6. The second-order valence-corrected chi connectivity index (χ2v) is 10.3. The molecule has 2 heterocycles. The molecule has 32 heavy (non-hydrogen) atoms. The molecule has 0 radical (unpaired) electrons. The van der Waals surface area contributed by atoms with E-state index in [1.54, 1.807) is 30.3 Å². The van der Waals surface area contributed by atoms with Crippen molar-refractivity contribution in [2.75, 3.05) is 44.3 Å². The van der Waals surface area contributed by atoms with Crippen LogP contribution in [0.25, 0.3) is 0 Å². The Balaban J connectivity index is 1.64. The summed E-state index contributed by atoms with van der Waals surface area (Å²) in [6.07, 6.45) is 2.72. The lowest BCUT2D eigenvalue weighted by molar-refractivity contribution is 0.0472. The highest BCUT2D eigenvalue weighted by Crippen LogP contribution is 2.29. The van der Waals surface area contributed by atoms with Gasteiger partial charge in [-0.3, -0.25) is 0 Å². The fourth-order valence-corrected chi connectivity index (χ4v) is 5.74.